The summed E-state index contributed by atoms with van der Waals surface area (Å²) in [7, 11) is 0. The van der Waals surface area contributed by atoms with Crippen LogP contribution in [-0.2, 0) is 0 Å². The van der Waals surface area contributed by atoms with Crippen molar-refractivity contribution in [3.05, 3.63) is 62.0 Å². The number of carbonyl (C=O) groups excluding carboxylic acids is 1. The first-order valence-corrected chi connectivity index (χ1v) is 8.20. The number of aryl methyl sites for hydroxylation is 2. The molecule has 1 atom stereocenters. The first-order valence-electron chi connectivity index (χ1n) is 6.61. The quantitative estimate of drug-likeness (QED) is 0.622. The van der Waals surface area contributed by atoms with Crippen molar-refractivity contribution in [2.24, 2.45) is 0 Å². The minimum absolute atomic E-state index is 0.0204. The Morgan fingerprint density at radius 3 is 2.38 bits per heavy atom. The molecule has 0 bridgehead atoms. The highest BCUT2D eigenvalue weighted by Crippen LogP contribution is 2.29. The molecule has 2 nitrogen and oxygen atoms in total. The number of halogens is 2. The fourth-order valence-electron chi connectivity index (χ4n) is 1.94. The highest BCUT2D eigenvalue weighted by atomic mass is 79.9. The van der Waals surface area contributed by atoms with Crippen molar-refractivity contribution >= 4 is 37.6 Å². The van der Waals surface area contributed by atoms with E-state index in [9.17, 15) is 4.79 Å². The van der Waals surface area contributed by atoms with Crippen LogP contribution in [0.2, 0.25) is 0 Å². The summed E-state index contributed by atoms with van der Waals surface area (Å²) in [6, 6.07) is 11.3. The Hall–Kier alpha value is -1.13. The maximum absolute atomic E-state index is 12.4. The lowest BCUT2D eigenvalue weighted by molar-refractivity contribution is 0.0817. The molecule has 0 amide bonds. The fourth-order valence-corrected chi connectivity index (χ4v) is 3.08. The predicted molar refractivity (Wildman–Crippen MR) is 92.2 cm³/mol. The van der Waals surface area contributed by atoms with Crippen molar-refractivity contribution < 1.29 is 9.53 Å². The van der Waals surface area contributed by atoms with Crippen molar-refractivity contribution in [1.82, 2.24) is 0 Å². The molecule has 0 saturated carbocycles. The monoisotopic (exact) mass is 410 g/mol. The van der Waals surface area contributed by atoms with Gasteiger partial charge >= 0.3 is 0 Å². The molecule has 2 aromatic rings. The number of hydrogen-bond donors (Lipinski definition) is 0. The molecule has 0 spiro atoms. The molecule has 0 aliphatic carbocycles. The number of ether oxygens (including phenoxy) is 1. The highest BCUT2D eigenvalue weighted by Gasteiger charge is 2.18. The van der Waals surface area contributed by atoms with E-state index >= 15 is 0 Å². The minimum atomic E-state index is -0.537. The van der Waals surface area contributed by atoms with Gasteiger partial charge in [0.1, 0.15) is 5.75 Å². The first kappa shape index (κ1) is 16.2. The van der Waals surface area contributed by atoms with E-state index in [0.29, 0.717) is 11.3 Å². The zero-order valence-electron chi connectivity index (χ0n) is 12.1. The molecule has 0 N–H and O–H groups in total. The van der Waals surface area contributed by atoms with Gasteiger partial charge in [0.25, 0.3) is 0 Å². The summed E-state index contributed by atoms with van der Waals surface area (Å²) < 4.78 is 7.54. The lowest BCUT2D eigenvalue weighted by atomic mass is 10.0. The summed E-state index contributed by atoms with van der Waals surface area (Å²) in [6.45, 7) is 5.80. The maximum Gasteiger partial charge on any atom is 0.203 e. The van der Waals surface area contributed by atoms with E-state index in [1.54, 1.807) is 6.92 Å². The zero-order chi connectivity index (χ0) is 15.6. The van der Waals surface area contributed by atoms with Crippen LogP contribution < -0.4 is 4.74 Å². The number of rotatable bonds is 4. The molecule has 0 heterocycles. The lowest BCUT2D eigenvalue weighted by Gasteiger charge is -2.15. The standard InChI is InChI=1S/C17H16Br2O2/c1-10-4-5-13(8-11(10)2)17(20)12(3)21-16-7-6-14(18)9-15(16)19/h4-9,12H,1-3H3. The van der Waals surface area contributed by atoms with Crippen LogP contribution in [0.5, 0.6) is 5.75 Å². The molecule has 1 unspecified atom stereocenters. The van der Waals surface area contributed by atoms with E-state index < -0.39 is 6.10 Å². The molecule has 0 aliphatic rings. The molecule has 4 heteroatoms. The van der Waals surface area contributed by atoms with Gasteiger partial charge in [0.15, 0.2) is 6.10 Å². The number of hydrogen-bond acceptors (Lipinski definition) is 2. The number of Topliss-reactive ketones (excluding diaryl/α,β-unsaturated/α-hetero) is 1. The molecule has 2 aromatic carbocycles. The molecular formula is C17H16Br2O2. The summed E-state index contributed by atoms with van der Waals surface area (Å²) in [5, 5.41) is 0. The maximum atomic E-state index is 12.4. The van der Waals surface area contributed by atoms with Gasteiger partial charge in [-0.05, 0) is 72.1 Å². The van der Waals surface area contributed by atoms with E-state index in [1.165, 1.54) is 5.56 Å². The number of carbonyl (C=O) groups is 1. The molecule has 0 aliphatic heterocycles. The van der Waals surface area contributed by atoms with Gasteiger partial charge in [-0.15, -0.1) is 0 Å². The molecule has 110 valence electrons. The van der Waals surface area contributed by atoms with Crippen LogP contribution in [0.3, 0.4) is 0 Å². The van der Waals surface area contributed by atoms with Crippen LogP contribution in [0.4, 0.5) is 0 Å². The van der Waals surface area contributed by atoms with E-state index in [4.69, 9.17) is 4.74 Å². The van der Waals surface area contributed by atoms with Gasteiger partial charge in [0, 0.05) is 10.0 Å². The van der Waals surface area contributed by atoms with Crippen molar-refractivity contribution in [3.8, 4) is 5.75 Å². The van der Waals surface area contributed by atoms with Crippen molar-refractivity contribution in [2.45, 2.75) is 26.9 Å². The SMILES string of the molecule is Cc1ccc(C(=O)C(C)Oc2ccc(Br)cc2Br)cc1C. The third-order valence-corrected chi connectivity index (χ3v) is 4.47. The lowest BCUT2D eigenvalue weighted by Crippen LogP contribution is -2.24. The Balaban J connectivity index is 2.17. The Kier molecular flexibility index (Phi) is 5.22. The fraction of sp³-hybridized carbons (Fsp3) is 0.235. The predicted octanol–water partition coefficient (Wildman–Crippen LogP) is 5.48. The van der Waals surface area contributed by atoms with Gasteiger partial charge in [-0.2, -0.15) is 0 Å². The Labute approximate surface area is 141 Å². The second-order valence-electron chi connectivity index (χ2n) is 5.00. The Morgan fingerprint density at radius 2 is 1.76 bits per heavy atom. The summed E-state index contributed by atoms with van der Waals surface area (Å²) in [5.41, 5.74) is 2.97. The highest BCUT2D eigenvalue weighted by molar-refractivity contribution is 9.11. The van der Waals surface area contributed by atoms with E-state index in [1.807, 2.05) is 50.2 Å². The van der Waals surface area contributed by atoms with Gasteiger partial charge in [0.05, 0.1) is 4.47 Å². The van der Waals surface area contributed by atoms with Crippen molar-refractivity contribution in [3.63, 3.8) is 0 Å². The third-order valence-electron chi connectivity index (χ3n) is 3.36. The van der Waals surface area contributed by atoms with Gasteiger partial charge in [-0.1, -0.05) is 28.1 Å². The molecule has 21 heavy (non-hydrogen) atoms. The molecular weight excluding hydrogens is 396 g/mol. The third kappa shape index (κ3) is 3.95. The summed E-state index contributed by atoms with van der Waals surface area (Å²) in [6.07, 6.45) is -0.537. The van der Waals surface area contributed by atoms with Gasteiger partial charge < -0.3 is 4.74 Å². The normalized spacial score (nSPS) is 12.0. The topological polar surface area (TPSA) is 26.3 Å². The average Bonchev–Trinajstić information content (AvgIpc) is 2.44. The van der Waals surface area contributed by atoms with Crippen LogP contribution in [0.15, 0.2) is 45.3 Å². The molecule has 2 rings (SSSR count). The summed E-state index contributed by atoms with van der Waals surface area (Å²) in [4.78, 5) is 12.4. The molecule has 0 saturated heterocycles. The van der Waals surface area contributed by atoms with Gasteiger partial charge in [0.2, 0.25) is 5.78 Å². The first-order chi connectivity index (χ1) is 9.88. The van der Waals surface area contributed by atoms with Crippen LogP contribution in [0, 0.1) is 13.8 Å². The van der Waals surface area contributed by atoms with Crippen LogP contribution in [0.1, 0.15) is 28.4 Å². The second-order valence-corrected chi connectivity index (χ2v) is 6.77. The van der Waals surface area contributed by atoms with E-state index in [0.717, 1.165) is 14.5 Å². The smallest absolute Gasteiger partial charge is 0.203 e. The largest absolute Gasteiger partial charge is 0.481 e. The average molecular weight is 412 g/mol. The summed E-state index contributed by atoms with van der Waals surface area (Å²) in [5.74, 6) is 0.635. The van der Waals surface area contributed by atoms with E-state index in [2.05, 4.69) is 31.9 Å². The molecule has 0 fully saturated rings. The molecule has 0 radical (unpaired) electrons. The number of benzene rings is 2. The van der Waals surface area contributed by atoms with Crippen LogP contribution in [0.25, 0.3) is 0 Å². The Morgan fingerprint density at radius 1 is 1.05 bits per heavy atom. The van der Waals surface area contributed by atoms with Gasteiger partial charge in [-0.3, -0.25) is 4.79 Å². The van der Waals surface area contributed by atoms with Crippen molar-refractivity contribution in [1.29, 1.82) is 0 Å². The Bertz CT molecular complexity index is 680. The zero-order valence-corrected chi connectivity index (χ0v) is 15.3. The minimum Gasteiger partial charge on any atom is -0.481 e. The van der Waals surface area contributed by atoms with Crippen LogP contribution in [-0.4, -0.2) is 11.9 Å². The van der Waals surface area contributed by atoms with Gasteiger partial charge in [-0.25, -0.2) is 0 Å². The van der Waals surface area contributed by atoms with E-state index in [-0.39, 0.29) is 5.78 Å². The number of ketones is 1. The van der Waals surface area contributed by atoms with Crippen LogP contribution >= 0.6 is 31.9 Å². The molecule has 0 aromatic heterocycles. The second kappa shape index (κ2) is 6.75. The summed E-state index contributed by atoms with van der Waals surface area (Å²) >= 11 is 6.83. The van der Waals surface area contributed by atoms with Crippen molar-refractivity contribution in [2.75, 3.05) is 0 Å².